The number of nitrogens with zero attached hydrogens (tertiary/aromatic N) is 7. The van der Waals surface area contributed by atoms with Crippen molar-refractivity contribution in [3.8, 4) is 0 Å². The Morgan fingerprint density at radius 3 is 2.42 bits per heavy atom. The van der Waals surface area contributed by atoms with Gasteiger partial charge in [0.1, 0.15) is 42.2 Å². The van der Waals surface area contributed by atoms with Crippen LogP contribution in [0, 0.1) is 12.8 Å². The van der Waals surface area contributed by atoms with Crippen molar-refractivity contribution in [3.05, 3.63) is 35.2 Å². The number of thiol groups is 2. The summed E-state index contributed by atoms with van der Waals surface area (Å²) in [5.74, 6) is -0.529. The van der Waals surface area contributed by atoms with Gasteiger partial charge in [0, 0.05) is 5.92 Å². The van der Waals surface area contributed by atoms with Gasteiger partial charge in [-0.15, -0.1) is 0 Å². The lowest BCUT2D eigenvalue weighted by Crippen LogP contribution is -2.35. The zero-order valence-corrected chi connectivity index (χ0v) is 26.6. The monoisotopic (exact) mass is 707 g/mol. The van der Waals surface area contributed by atoms with Crippen molar-refractivity contribution in [2.75, 3.05) is 18.9 Å². The van der Waals surface area contributed by atoms with E-state index >= 15 is 8.78 Å². The van der Waals surface area contributed by atoms with E-state index in [0.29, 0.717) is 0 Å². The van der Waals surface area contributed by atoms with Crippen LogP contribution in [0.25, 0.3) is 22.3 Å². The molecule has 0 aromatic carbocycles. The number of hydrogen-bond donors (Lipinski definition) is 4. The van der Waals surface area contributed by atoms with Gasteiger partial charge in [-0.2, -0.15) is 0 Å². The average molecular weight is 708 g/mol. The fourth-order valence-corrected chi connectivity index (χ4v) is 8.91. The second kappa shape index (κ2) is 11.3. The van der Waals surface area contributed by atoms with Crippen LogP contribution in [0.15, 0.2) is 23.8 Å². The third-order valence-corrected chi connectivity index (χ3v) is 11.1. The van der Waals surface area contributed by atoms with Gasteiger partial charge in [0.15, 0.2) is 35.0 Å². The first-order chi connectivity index (χ1) is 21.3. The van der Waals surface area contributed by atoms with E-state index in [1.54, 1.807) is 0 Å². The number of nitrogen functional groups attached to an aromatic ring is 1. The summed E-state index contributed by atoms with van der Waals surface area (Å²) in [6.45, 7) is -8.23. The topological polar surface area (TPSA) is 213 Å². The van der Waals surface area contributed by atoms with Gasteiger partial charge >= 0.3 is 13.6 Å². The van der Waals surface area contributed by atoms with Gasteiger partial charge in [0.25, 0.3) is 5.56 Å². The minimum atomic E-state index is -4.34. The van der Waals surface area contributed by atoms with Crippen LogP contribution in [0.1, 0.15) is 24.5 Å². The Morgan fingerprint density at radius 1 is 0.956 bits per heavy atom. The lowest BCUT2D eigenvalue weighted by atomic mass is 10.1. The largest absolute Gasteiger partial charge is 0.386 e. The number of imidazole rings is 2. The molecule has 3 aliphatic rings. The highest BCUT2D eigenvalue weighted by atomic mass is 32.7. The van der Waals surface area contributed by atoms with Gasteiger partial charge in [-0.25, -0.2) is 42.8 Å². The molecule has 242 valence electrons. The molecule has 7 rings (SSSR count). The summed E-state index contributed by atoms with van der Waals surface area (Å²) in [6.07, 6.45) is -6.04. The third kappa shape index (κ3) is 5.61. The number of aryl methyl sites for hydroxylation is 1. The van der Waals surface area contributed by atoms with Gasteiger partial charge in [0.2, 0.25) is 0 Å². The normalized spacial score (nSPS) is 37.7. The molecule has 6 heterocycles. The van der Waals surface area contributed by atoms with E-state index < -0.39 is 81.2 Å². The Labute approximate surface area is 262 Å². The van der Waals surface area contributed by atoms with Crippen molar-refractivity contribution in [1.82, 2.24) is 39.0 Å². The smallest absolute Gasteiger partial charge is 0.382 e. The number of nitrogens with two attached hydrogens (primary N) is 1. The summed E-state index contributed by atoms with van der Waals surface area (Å²) in [7, 11) is 0. The quantitative estimate of drug-likeness (QED) is 0.174. The van der Waals surface area contributed by atoms with E-state index in [4.69, 9.17) is 28.6 Å². The Bertz CT molecular complexity index is 1950. The highest BCUT2D eigenvalue weighted by Gasteiger charge is 2.53. The molecular formula is C22H25F2N9O8P2S2. The van der Waals surface area contributed by atoms with Crippen LogP contribution in [0.3, 0.4) is 0 Å². The molecule has 0 radical (unpaired) electrons. The molecule has 0 spiro atoms. The number of nitrogens with one attached hydrogen (secondary N) is 1. The first kappa shape index (κ1) is 31.1. The number of fused-ring (bicyclic) bond motifs is 4. The summed E-state index contributed by atoms with van der Waals surface area (Å²) in [4.78, 5) is 35.2. The van der Waals surface area contributed by atoms with Crippen LogP contribution in [-0.2, 0) is 32.0 Å². The van der Waals surface area contributed by atoms with Crippen LogP contribution in [0.2, 0.25) is 0 Å². The minimum Gasteiger partial charge on any atom is -0.382 e. The van der Waals surface area contributed by atoms with Gasteiger partial charge in [-0.1, -0.05) is 24.5 Å². The van der Waals surface area contributed by atoms with Gasteiger partial charge in [0.05, 0.1) is 31.9 Å². The van der Waals surface area contributed by atoms with E-state index in [1.165, 1.54) is 28.7 Å². The predicted molar refractivity (Wildman–Crippen MR) is 158 cm³/mol. The van der Waals surface area contributed by atoms with Crippen LogP contribution in [0.5, 0.6) is 0 Å². The fourth-order valence-electron chi connectivity index (χ4n) is 5.87. The predicted octanol–water partition coefficient (Wildman–Crippen LogP) is 2.88. The molecule has 4 aromatic rings. The molecule has 4 unspecified atom stereocenters. The van der Waals surface area contributed by atoms with Crippen molar-refractivity contribution >= 4 is 66.2 Å². The first-order valence-corrected chi connectivity index (χ1v) is 18.8. The highest BCUT2D eigenvalue weighted by Crippen LogP contribution is 2.61. The van der Waals surface area contributed by atoms with Gasteiger partial charge in [-0.3, -0.25) is 22.9 Å². The number of H-pyrrole nitrogens is 1. The van der Waals surface area contributed by atoms with E-state index in [9.17, 15) is 13.9 Å². The molecule has 10 atom stereocenters. The Hall–Kier alpha value is -2.48. The SMILES string of the molecule is Cc1nc2c(ncn2[C@@H]2O[C@@H]3COP(=O)(S)O[C@@H]4C(F)[C@H](n5cnc6c(N)ncnc65)C[C@@H]4COP(=O)(S)O[C@@H]3C2F)c(=O)[nH]1. The lowest BCUT2D eigenvalue weighted by Gasteiger charge is -2.29. The fraction of sp³-hybridized carbons (Fsp3) is 0.545. The summed E-state index contributed by atoms with van der Waals surface area (Å²) < 4.78 is 89.5. The molecule has 1 aliphatic carbocycles. The third-order valence-electron chi connectivity index (χ3n) is 7.89. The Balaban J connectivity index is 1.17. The molecule has 0 bridgehead atoms. The van der Waals surface area contributed by atoms with Crippen molar-refractivity contribution in [2.24, 2.45) is 5.92 Å². The molecule has 3 N–H and O–H groups in total. The number of rotatable bonds is 2. The van der Waals surface area contributed by atoms with Crippen molar-refractivity contribution in [3.63, 3.8) is 0 Å². The second-order valence-electron chi connectivity index (χ2n) is 10.7. The summed E-state index contributed by atoms with van der Waals surface area (Å²) in [5, 5.41) is 0. The maximum Gasteiger partial charge on any atom is 0.386 e. The van der Waals surface area contributed by atoms with E-state index in [1.807, 2.05) is 0 Å². The number of halogens is 2. The van der Waals surface area contributed by atoms with E-state index in [0.717, 1.165) is 6.33 Å². The maximum absolute atomic E-state index is 16.1. The van der Waals surface area contributed by atoms with Gasteiger partial charge < -0.3 is 24.5 Å². The van der Waals surface area contributed by atoms with Crippen molar-refractivity contribution in [2.45, 2.75) is 56.3 Å². The molecule has 3 fully saturated rings. The van der Waals surface area contributed by atoms with Crippen molar-refractivity contribution < 1.29 is 40.7 Å². The Kier molecular flexibility index (Phi) is 7.85. The standard InChI is InChI=1S/C22H25F2N9O8P2S2/c1-8-30-20-15(21(34)31-8)29-7-33(20)22-13(24)17-11(39-22)4-38-43(36,45)40-16-9(3-37-42(35,44)41-17)2-10(12(16)23)32-6-28-14-18(25)26-5-27-19(14)32/h5-7,9-13,16-17,22H,2-4H2,1H3,(H,35,44)(H,36,45)(H2,25,26,27)(H,30,31,34)/t9-,10-,11-,12?,13?,16+,17+,22-,42?,43?/m1/s1. The summed E-state index contributed by atoms with van der Waals surface area (Å²) in [5.41, 5.74) is 5.80. The average Bonchev–Trinajstić information content (AvgIpc) is 3.72. The summed E-state index contributed by atoms with van der Waals surface area (Å²) in [6, 6.07) is -0.949. The summed E-state index contributed by atoms with van der Waals surface area (Å²) >= 11 is 8.08. The number of aromatic amines is 1. The van der Waals surface area contributed by atoms with Crippen molar-refractivity contribution in [1.29, 1.82) is 0 Å². The number of anilines is 1. The number of aromatic nitrogens is 8. The molecule has 23 heteroatoms. The highest BCUT2D eigenvalue weighted by molar-refractivity contribution is 8.44. The second-order valence-corrected chi connectivity index (χ2v) is 16.5. The lowest BCUT2D eigenvalue weighted by molar-refractivity contribution is -0.0451. The van der Waals surface area contributed by atoms with E-state index in [-0.39, 0.29) is 40.4 Å². The van der Waals surface area contributed by atoms with Crippen LogP contribution >= 0.6 is 38.1 Å². The molecule has 45 heavy (non-hydrogen) atoms. The maximum atomic E-state index is 16.1. The first-order valence-electron chi connectivity index (χ1n) is 13.4. The minimum absolute atomic E-state index is 0.0188. The number of hydrogen-bond acceptors (Lipinski definition) is 14. The molecule has 4 aromatic heterocycles. The van der Waals surface area contributed by atoms with Crippen LogP contribution in [-0.4, -0.2) is 82.9 Å². The molecular weight excluding hydrogens is 682 g/mol. The van der Waals surface area contributed by atoms with Gasteiger partial charge in [-0.05, 0) is 13.3 Å². The molecule has 2 saturated heterocycles. The van der Waals surface area contributed by atoms with Crippen LogP contribution in [0.4, 0.5) is 14.6 Å². The van der Waals surface area contributed by atoms with E-state index in [2.05, 4.69) is 54.4 Å². The van der Waals surface area contributed by atoms with Crippen LogP contribution < -0.4 is 11.3 Å². The number of ether oxygens (including phenoxy) is 1. The molecule has 2 aliphatic heterocycles. The zero-order chi connectivity index (χ0) is 31.8. The molecule has 0 amide bonds. The molecule has 1 saturated carbocycles. The molecule has 17 nitrogen and oxygen atoms in total. The number of alkyl halides is 2. The Morgan fingerprint density at radius 2 is 1.64 bits per heavy atom. The zero-order valence-electron chi connectivity index (χ0n) is 23.0.